The van der Waals surface area contributed by atoms with Gasteiger partial charge in [-0.15, -0.1) is 0 Å². The molecule has 2 saturated heterocycles. The Morgan fingerprint density at radius 1 is 1.18 bits per heavy atom. The third-order valence-corrected chi connectivity index (χ3v) is 4.75. The van der Waals surface area contributed by atoms with Crippen LogP contribution in [0.3, 0.4) is 0 Å². The van der Waals surface area contributed by atoms with E-state index in [4.69, 9.17) is 9.47 Å². The first kappa shape index (κ1) is 15.9. The van der Waals surface area contributed by atoms with Crippen molar-refractivity contribution in [2.75, 3.05) is 19.6 Å². The molecule has 3 nitrogen and oxygen atoms in total. The second-order valence-electron chi connectivity index (χ2n) is 6.55. The number of benzene rings is 1. The van der Waals surface area contributed by atoms with Crippen LogP contribution in [0.1, 0.15) is 38.2 Å². The zero-order chi connectivity index (χ0) is 15.4. The fourth-order valence-corrected chi connectivity index (χ4v) is 3.39. The van der Waals surface area contributed by atoms with Gasteiger partial charge in [-0.1, -0.05) is 18.2 Å². The maximum absolute atomic E-state index is 13.6. The predicted molar refractivity (Wildman–Crippen MR) is 84.2 cm³/mol. The summed E-state index contributed by atoms with van der Waals surface area (Å²) in [6, 6.07) is 6.85. The largest absolute Gasteiger partial charge is 0.374 e. The van der Waals surface area contributed by atoms with Crippen LogP contribution in [0, 0.1) is 5.82 Å². The molecule has 0 radical (unpaired) electrons. The van der Waals surface area contributed by atoms with Crippen molar-refractivity contribution in [3.05, 3.63) is 35.6 Å². The van der Waals surface area contributed by atoms with Crippen LogP contribution in [0.25, 0.3) is 0 Å². The number of ether oxygens (including phenoxy) is 2. The molecule has 0 bridgehead atoms. The molecular formula is C18H26FNO2. The van der Waals surface area contributed by atoms with E-state index in [0.29, 0.717) is 24.4 Å². The SMILES string of the molecule is C[C@H]1CC[C@H](CN2CCC(OCc3ccccc3F)CC2)O1. The summed E-state index contributed by atoms with van der Waals surface area (Å²) in [5.41, 5.74) is 0.651. The van der Waals surface area contributed by atoms with Crippen LogP contribution in [0.5, 0.6) is 0 Å². The molecule has 22 heavy (non-hydrogen) atoms. The Morgan fingerprint density at radius 2 is 1.95 bits per heavy atom. The fraction of sp³-hybridized carbons (Fsp3) is 0.667. The number of rotatable bonds is 5. The maximum atomic E-state index is 13.6. The summed E-state index contributed by atoms with van der Waals surface area (Å²) in [6.07, 6.45) is 5.50. The van der Waals surface area contributed by atoms with Crippen LogP contribution >= 0.6 is 0 Å². The molecule has 0 N–H and O–H groups in total. The monoisotopic (exact) mass is 307 g/mol. The highest BCUT2D eigenvalue weighted by atomic mass is 19.1. The highest BCUT2D eigenvalue weighted by Crippen LogP contribution is 2.22. The van der Waals surface area contributed by atoms with Gasteiger partial charge < -0.3 is 14.4 Å². The maximum Gasteiger partial charge on any atom is 0.128 e. The van der Waals surface area contributed by atoms with Gasteiger partial charge in [0.1, 0.15) is 5.82 Å². The van der Waals surface area contributed by atoms with Crippen molar-refractivity contribution in [3.8, 4) is 0 Å². The number of hydrogen-bond acceptors (Lipinski definition) is 3. The quantitative estimate of drug-likeness (QED) is 0.832. The standard InChI is InChI=1S/C18H26FNO2/c1-14-6-7-17(22-14)12-20-10-8-16(9-11-20)21-13-15-4-2-3-5-18(15)19/h2-5,14,16-17H,6-13H2,1H3/t14-,17+/m0/s1. The second-order valence-corrected chi connectivity index (χ2v) is 6.55. The van der Waals surface area contributed by atoms with E-state index in [9.17, 15) is 4.39 Å². The van der Waals surface area contributed by atoms with Crippen molar-refractivity contribution in [1.29, 1.82) is 0 Å². The smallest absolute Gasteiger partial charge is 0.128 e. The molecule has 1 aromatic rings. The molecule has 3 rings (SSSR count). The van der Waals surface area contributed by atoms with Crippen LogP contribution < -0.4 is 0 Å². The van der Waals surface area contributed by atoms with Gasteiger partial charge in [0.15, 0.2) is 0 Å². The van der Waals surface area contributed by atoms with Gasteiger partial charge in [0, 0.05) is 25.2 Å². The van der Waals surface area contributed by atoms with Crippen LogP contribution in [0.15, 0.2) is 24.3 Å². The van der Waals surface area contributed by atoms with E-state index in [-0.39, 0.29) is 11.9 Å². The molecule has 4 heteroatoms. The topological polar surface area (TPSA) is 21.7 Å². The average molecular weight is 307 g/mol. The van der Waals surface area contributed by atoms with Gasteiger partial charge in [0.2, 0.25) is 0 Å². The summed E-state index contributed by atoms with van der Waals surface area (Å²) in [4.78, 5) is 2.48. The Bertz CT molecular complexity index is 474. The molecule has 2 aliphatic rings. The van der Waals surface area contributed by atoms with Gasteiger partial charge in [-0.05, 0) is 38.7 Å². The zero-order valence-electron chi connectivity index (χ0n) is 13.3. The van der Waals surface area contributed by atoms with Crippen LogP contribution in [-0.4, -0.2) is 42.8 Å². The molecule has 0 saturated carbocycles. The molecule has 2 fully saturated rings. The number of nitrogens with zero attached hydrogens (tertiary/aromatic N) is 1. The molecule has 1 aromatic carbocycles. The number of hydrogen-bond donors (Lipinski definition) is 0. The third-order valence-electron chi connectivity index (χ3n) is 4.75. The summed E-state index contributed by atoms with van der Waals surface area (Å²) < 4.78 is 25.3. The second kappa shape index (κ2) is 7.53. The zero-order valence-corrected chi connectivity index (χ0v) is 13.3. The first-order chi connectivity index (χ1) is 10.7. The van der Waals surface area contributed by atoms with Crippen LogP contribution in [0.4, 0.5) is 4.39 Å². The van der Waals surface area contributed by atoms with Gasteiger partial charge in [0.25, 0.3) is 0 Å². The lowest BCUT2D eigenvalue weighted by Gasteiger charge is -2.33. The average Bonchev–Trinajstić information content (AvgIpc) is 2.93. The first-order valence-electron chi connectivity index (χ1n) is 8.43. The van der Waals surface area contributed by atoms with Crippen molar-refractivity contribution in [2.45, 2.75) is 57.5 Å². The van der Waals surface area contributed by atoms with E-state index in [1.54, 1.807) is 12.1 Å². The number of piperidine rings is 1. The van der Waals surface area contributed by atoms with Crippen LogP contribution in [-0.2, 0) is 16.1 Å². The minimum Gasteiger partial charge on any atom is -0.374 e. The van der Waals surface area contributed by atoms with Crippen molar-refractivity contribution in [2.24, 2.45) is 0 Å². The Morgan fingerprint density at radius 3 is 2.64 bits per heavy atom. The van der Waals surface area contributed by atoms with Crippen molar-refractivity contribution >= 4 is 0 Å². The summed E-state index contributed by atoms with van der Waals surface area (Å²) in [7, 11) is 0. The van der Waals surface area contributed by atoms with Crippen LogP contribution in [0.2, 0.25) is 0 Å². The highest BCUT2D eigenvalue weighted by Gasteiger charge is 2.26. The number of halogens is 1. The molecule has 0 unspecified atom stereocenters. The van der Waals surface area contributed by atoms with E-state index in [1.165, 1.54) is 18.9 Å². The summed E-state index contributed by atoms with van der Waals surface area (Å²) in [5, 5.41) is 0. The van der Waals surface area contributed by atoms with Crippen molar-refractivity contribution < 1.29 is 13.9 Å². The summed E-state index contributed by atoms with van der Waals surface area (Å²) in [6.45, 7) is 5.68. The predicted octanol–water partition coefficient (Wildman–Crippen LogP) is 3.37. The minimum absolute atomic E-state index is 0.174. The Hall–Kier alpha value is -0.970. The molecule has 0 aliphatic carbocycles. The van der Waals surface area contributed by atoms with E-state index in [2.05, 4.69) is 11.8 Å². The summed E-state index contributed by atoms with van der Waals surface area (Å²) in [5.74, 6) is -0.174. The van der Waals surface area contributed by atoms with E-state index in [0.717, 1.165) is 32.5 Å². The number of likely N-dealkylation sites (tertiary alicyclic amines) is 1. The molecule has 2 atom stereocenters. The lowest BCUT2D eigenvalue weighted by molar-refractivity contribution is -0.0201. The lowest BCUT2D eigenvalue weighted by Crippen LogP contribution is -2.41. The van der Waals surface area contributed by atoms with Crippen molar-refractivity contribution in [3.63, 3.8) is 0 Å². The lowest BCUT2D eigenvalue weighted by atomic mass is 10.1. The van der Waals surface area contributed by atoms with E-state index < -0.39 is 0 Å². The molecular weight excluding hydrogens is 281 g/mol. The minimum atomic E-state index is -0.174. The van der Waals surface area contributed by atoms with Gasteiger partial charge >= 0.3 is 0 Å². The van der Waals surface area contributed by atoms with Gasteiger partial charge in [0.05, 0.1) is 24.9 Å². The summed E-state index contributed by atoms with van der Waals surface area (Å²) >= 11 is 0. The van der Waals surface area contributed by atoms with Gasteiger partial charge in [-0.25, -0.2) is 4.39 Å². The van der Waals surface area contributed by atoms with E-state index in [1.807, 2.05) is 6.07 Å². The first-order valence-corrected chi connectivity index (χ1v) is 8.43. The van der Waals surface area contributed by atoms with Crippen molar-refractivity contribution in [1.82, 2.24) is 4.90 Å². The van der Waals surface area contributed by atoms with Gasteiger partial charge in [-0.2, -0.15) is 0 Å². The fourth-order valence-electron chi connectivity index (χ4n) is 3.39. The normalized spacial score (nSPS) is 27.4. The van der Waals surface area contributed by atoms with Gasteiger partial charge in [-0.3, -0.25) is 0 Å². The van der Waals surface area contributed by atoms with E-state index >= 15 is 0 Å². The molecule has 122 valence electrons. The molecule has 2 aliphatic heterocycles. The Balaban J connectivity index is 1.38. The molecule has 0 spiro atoms. The molecule has 0 amide bonds. The molecule has 2 heterocycles. The Labute approximate surface area is 132 Å². The third kappa shape index (κ3) is 4.28. The highest BCUT2D eigenvalue weighted by molar-refractivity contribution is 5.16. The molecule has 0 aromatic heterocycles. The Kier molecular flexibility index (Phi) is 5.45.